The van der Waals surface area contributed by atoms with Crippen LogP contribution in [0.1, 0.15) is 44.1 Å². The summed E-state index contributed by atoms with van der Waals surface area (Å²) in [6, 6.07) is 10.6. The molecule has 1 fully saturated rings. The summed E-state index contributed by atoms with van der Waals surface area (Å²) in [5, 5.41) is 11.4. The van der Waals surface area contributed by atoms with E-state index < -0.39 is 5.97 Å². The van der Waals surface area contributed by atoms with E-state index in [0.717, 1.165) is 45.1 Å². The normalized spacial score (nSPS) is 17.7. The second kappa shape index (κ2) is 9.18. The summed E-state index contributed by atoms with van der Waals surface area (Å²) in [5.41, 5.74) is 1.33. The summed E-state index contributed by atoms with van der Waals surface area (Å²) in [4.78, 5) is 24.7. The average molecular weight is 318 g/mol. The van der Waals surface area contributed by atoms with Gasteiger partial charge in [0.1, 0.15) is 0 Å². The zero-order valence-corrected chi connectivity index (χ0v) is 13.5. The third-order valence-corrected chi connectivity index (χ3v) is 4.35. The van der Waals surface area contributed by atoms with Crippen LogP contribution in [0.5, 0.6) is 0 Å². The molecule has 1 atom stereocenters. The predicted octanol–water partition coefficient (Wildman–Crippen LogP) is 3.05. The number of hydrogen-bond acceptors (Lipinski definition) is 2. The molecule has 0 spiro atoms. The van der Waals surface area contributed by atoms with Crippen LogP contribution in [-0.2, 0) is 11.2 Å². The first-order valence-corrected chi connectivity index (χ1v) is 8.47. The highest BCUT2D eigenvalue weighted by atomic mass is 16.4. The number of amides is 2. The van der Waals surface area contributed by atoms with Gasteiger partial charge in [-0.05, 0) is 44.1 Å². The van der Waals surface area contributed by atoms with Gasteiger partial charge in [-0.2, -0.15) is 0 Å². The lowest BCUT2D eigenvalue weighted by atomic mass is 9.96. The Hall–Kier alpha value is -2.04. The third kappa shape index (κ3) is 5.93. The maximum absolute atomic E-state index is 12.2. The molecule has 0 saturated carbocycles. The molecule has 1 saturated heterocycles. The number of carbonyl (C=O) groups excluding carboxylic acids is 1. The molecule has 1 aromatic rings. The third-order valence-electron chi connectivity index (χ3n) is 4.35. The molecule has 2 rings (SSSR count). The quantitative estimate of drug-likeness (QED) is 0.812. The Morgan fingerprint density at radius 2 is 2.00 bits per heavy atom. The molecule has 1 aliphatic heterocycles. The number of carboxylic acids is 1. The van der Waals surface area contributed by atoms with Crippen molar-refractivity contribution >= 4 is 12.0 Å². The van der Waals surface area contributed by atoms with Gasteiger partial charge in [0.15, 0.2) is 0 Å². The van der Waals surface area contributed by atoms with Crippen LogP contribution in [0.4, 0.5) is 4.79 Å². The molecule has 1 heterocycles. The fourth-order valence-corrected chi connectivity index (χ4v) is 3.13. The van der Waals surface area contributed by atoms with Gasteiger partial charge in [0.05, 0.1) is 6.42 Å². The first-order chi connectivity index (χ1) is 11.2. The van der Waals surface area contributed by atoms with Gasteiger partial charge < -0.3 is 15.3 Å². The molecule has 2 amide bonds. The fraction of sp³-hybridized carbons (Fsp3) is 0.556. The highest BCUT2D eigenvalue weighted by molar-refractivity contribution is 5.75. The lowest BCUT2D eigenvalue weighted by Gasteiger charge is -2.36. The Morgan fingerprint density at radius 1 is 1.22 bits per heavy atom. The molecular weight excluding hydrogens is 292 g/mol. The summed E-state index contributed by atoms with van der Waals surface area (Å²) in [5.74, 6) is -0.886. The van der Waals surface area contributed by atoms with E-state index in [1.165, 1.54) is 5.56 Å². The number of likely N-dealkylation sites (tertiary alicyclic amines) is 1. The van der Waals surface area contributed by atoms with Crippen LogP contribution in [-0.4, -0.2) is 41.1 Å². The van der Waals surface area contributed by atoms with Gasteiger partial charge in [0, 0.05) is 19.1 Å². The maximum atomic E-state index is 12.2. The van der Waals surface area contributed by atoms with E-state index in [4.69, 9.17) is 5.11 Å². The van der Waals surface area contributed by atoms with Crippen LogP contribution in [0.15, 0.2) is 30.3 Å². The van der Waals surface area contributed by atoms with Crippen molar-refractivity contribution in [3.63, 3.8) is 0 Å². The molecule has 1 aromatic carbocycles. The van der Waals surface area contributed by atoms with E-state index >= 15 is 0 Å². The summed E-state index contributed by atoms with van der Waals surface area (Å²) in [6.07, 6.45) is 6.30. The van der Waals surface area contributed by atoms with Gasteiger partial charge in [-0.15, -0.1) is 0 Å². The number of nitrogens with zero attached hydrogens (tertiary/aromatic N) is 1. The van der Waals surface area contributed by atoms with Crippen molar-refractivity contribution < 1.29 is 14.7 Å². The molecule has 0 radical (unpaired) electrons. The van der Waals surface area contributed by atoms with Crippen molar-refractivity contribution in [1.82, 2.24) is 10.2 Å². The largest absolute Gasteiger partial charge is 0.481 e. The van der Waals surface area contributed by atoms with Gasteiger partial charge in [-0.1, -0.05) is 30.3 Å². The van der Waals surface area contributed by atoms with Crippen molar-refractivity contribution in [3.8, 4) is 0 Å². The number of rotatable bonds is 7. The molecule has 2 N–H and O–H groups in total. The molecule has 126 valence electrons. The van der Waals surface area contributed by atoms with Crippen LogP contribution in [0.25, 0.3) is 0 Å². The molecule has 5 nitrogen and oxygen atoms in total. The Balaban J connectivity index is 1.78. The van der Waals surface area contributed by atoms with Crippen molar-refractivity contribution in [1.29, 1.82) is 0 Å². The maximum Gasteiger partial charge on any atom is 0.317 e. The Kier molecular flexibility index (Phi) is 6.91. The SMILES string of the molecule is O=C(O)CCNC(=O)N1CCCCC1CCCc1ccccc1. The smallest absolute Gasteiger partial charge is 0.317 e. The number of urea groups is 1. The zero-order chi connectivity index (χ0) is 16.5. The summed E-state index contributed by atoms with van der Waals surface area (Å²) >= 11 is 0. The van der Waals surface area contributed by atoms with Crippen molar-refractivity contribution in [2.75, 3.05) is 13.1 Å². The zero-order valence-electron chi connectivity index (χ0n) is 13.5. The number of aliphatic carboxylic acids is 1. The minimum absolute atomic E-state index is 0.0295. The van der Waals surface area contributed by atoms with Gasteiger partial charge in [-0.25, -0.2) is 4.79 Å². The molecule has 1 aliphatic rings. The number of carbonyl (C=O) groups is 2. The van der Waals surface area contributed by atoms with Crippen LogP contribution in [0.3, 0.4) is 0 Å². The molecular formula is C18H26N2O3. The summed E-state index contributed by atoms with van der Waals surface area (Å²) in [6.45, 7) is 0.969. The molecule has 0 aliphatic carbocycles. The van der Waals surface area contributed by atoms with Crippen molar-refractivity contribution in [3.05, 3.63) is 35.9 Å². The first-order valence-electron chi connectivity index (χ1n) is 8.47. The highest BCUT2D eigenvalue weighted by Gasteiger charge is 2.26. The minimum Gasteiger partial charge on any atom is -0.481 e. The highest BCUT2D eigenvalue weighted by Crippen LogP contribution is 2.21. The Labute approximate surface area is 137 Å². The summed E-state index contributed by atoms with van der Waals surface area (Å²) in [7, 11) is 0. The van der Waals surface area contributed by atoms with E-state index in [1.54, 1.807) is 0 Å². The monoisotopic (exact) mass is 318 g/mol. The molecule has 5 heteroatoms. The number of benzene rings is 1. The molecule has 0 bridgehead atoms. The molecule has 1 unspecified atom stereocenters. The van der Waals surface area contributed by atoms with Crippen molar-refractivity contribution in [2.45, 2.75) is 51.0 Å². The van der Waals surface area contributed by atoms with Gasteiger partial charge in [-0.3, -0.25) is 4.79 Å². The predicted molar refractivity (Wildman–Crippen MR) is 89.4 cm³/mol. The van der Waals surface area contributed by atoms with Gasteiger partial charge in [0.25, 0.3) is 0 Å². The minimum atomic E-state index is -0.886. The first kappa shape index (κ1) is 17.3. The number of aryl methyl sites for hydroxylation is 1. The van der Waals surface area contributed by atoms with Gasteiger partial charge >= 0.3 is 12.0 Å². The van der Waals surface area contributed by atoms with Crippen LogP contribution < -0.4 is 5.32 Å². The van der Waals surface area contributed by atoms with E-state index in [-0.39, 0.29) is 25.0 Å². The van der Waals surface area contributed by atoms with Crippen molar-refractivity contribution in [2.24, 2.45) is 0 Å². The van der Waals surface area contributed by atoms with E-state index in [9.17, 15) is 9.59 Å². The average Bonchev–Trinajstić information content (AvgIpc) is 2.56. The topological polar surface area (TPSA) is 69.6 Å². The lowest BCUT2D eigenvalue weighted by Crippen LogP contribution is -2.49. The number of carboxylic acid groups (broad SMARTS) is 1. The number of piperidine rings is 1. The number of nitrogens with one attached hydrogen (secondary N) is 1. The van der Waals surface area contributed by atoms with Crippen LogP contribution in [0.2, 0.25) is 0 Å². The second-order valence-electron chi connectivity index (χ2n) is 6.10. The number of hydrogen-bond donors (Lipinski definition) is 2. The van der Waals surface area contributed by atoms with E-state index in [1.807, 2.05) is 11.0 Å². The van der Waals surface area contributed by atoms with Crippen LogP contribution in [0, 0.1) is 0 Å². The fourth-order valence-electron chi connectivity index (χ4n) is 3.13. The van der Waals surface area contributed by atoms with E-state index in [0.29, 0.717) is 0 Å². The standard InChI is InChI=1S/C18H26N2O3/c21-17(22)12-13-19-18(23)20-14-5-4-10-16(20)11-6-9-15-7-2-1-3-8-15/h1-3,7-8,16H,4-6,9-14H2,(H,19,23)(H,21,22). The molecule has 23 heavy (non-hydrogen) atoms. The Morgan fingerprint density at radius 3 is 2.74 bits per heavy atom. The molecule has 0 aromatic heterocycles. The van der Waals surface area contributed by atoms with Crippen LogP contribution >= 0.6 is 0 Å². The second-order valence-corrected chi connectivity index (χ2v) is 6.10. The van der Waals surface area contributed by atoms with E-state index in [2.05, 4.69) is 29.6 Å². The lowest BCUT2D eigenvalue weighted by molar-refractivity contribution is -0.136. The van der Waals surface area contributed by atoms with Gasteiger partial charge in [0.2, 0.25) is 0 Å². The Bertz CT molecular complexity index is 504. The summed E-state index contributed by atoms with van der Waals surface area (Å²) < 4.78 is 0.